The molecule has 2 rings (SSSR count). The molecule has 0 aliphatic heterocycles. The second-order valence-corrected chi connectivity index (χ2v) is 4.67. The van der Waals surface area contributed by atoms with Gasteiger partial charge >= 0.3 is 5.97 Å². The Labute approximate surface area is 103 Å². The standard InChI is InChI=1S/C13H13BrO2/c1-16-13(15)8-9-4-2-6-11-10(9)5-3-7-12(11)14/h3,5,7-8H,2,4,6H2,1H3/b9-8+. The average molecular weight is 281 g/mol. The van der Waals surface area contributed by atoms with Crippen molar-refractivity contribution in [2.75, 3.05) is 7.11 Å². The van der Waals surface area contributed by atoms with E-state index in [1.807, 2.05) is 12.1 Å². The number of esters is 1. The molecule has 0 atom stereocenters. The Balaban J connectivity index is 2.44. The van der Waals surface area contributed by atoms with Crippen LogP contribution in [-0.4, -0.2) is 13.1 Å². The van der Waals surface area contributed by atoms with Gasteiger partial charge < -0.3 is 4.74 Å². The van der Waals surface area contributed by atoms with Crippen molar-refractivity contribution in [3.05, 3.63) is 39.9 Å². The number of rotatable bonds is 1. The highest BCUT2D eigenvalue weighted by Crippen LogP contribution is 2.34. The SMILES string of the molecule is COC(=O)/C=C1\CCCc2c(Br)cccc21. The third kappa shape index (κ3) is 2.19. The highest BCUT2D eigenvalue weighted by molar-refractivity contribution is 9.10. The number of methoxy groups -OCH3 is 1. The van der Waals surface area contributed by atoms with Gasteiger partial charge in [-0.2, -0.15) is 0 Å². The summed E-state index contributed by atoms with van der Waals surface area (Å²) in [4.78, 5) is 11.3. The molecule has 0 bridgehead atoms. The predicted molar refractivity (Wildman–Crippen MR) is 67.1 cm³/mol. The summed E-state index contributed by atoms with van der Waals surface area (Å²) in [6, 6.07) is 6.10. The molecule has 1 aliphatic carbocycles. The van der Waals surface area contributed by atoms with Crippen LogP contribution in [0.15, 0.2) is 28.7 Å². The maximum atomic E-state index is 11.3. The molecule has 1 aromatic rings. The Morgan fingerprint density at radius 2 is 2.25 bits per heavy atom. The fourth-order valence-electron chi connectivity index (χ4n) is 2.05. The van der Waals surface area contributed by atoms with Crippen molar-refractivity contribution in [3.8, 4) is 0 Å². The lowest BCUT2D eigenvalue weighted by Crippen LogP contribution is -2.05. The van der Waals surface area contributed by atoms with Crippen LogP contribution >= 0.6 is 15.9 Å². The van der Waals surface area contributed by atoms with Crippen molar-refractivity contribution in [1.29, 1.82) is 0 Å². The van der Waals surface area contributed by atoms with Gasteiger partial charge in [-0.15, -0.1) is 0 Å². The van der Waals surface area contributed by atoms with Gasteiger partial charge in [0.15, 0.2) is 0 Å². The fourth-order valence-corrected chi connectivity index (χ4v) is 2.62. The van der Waals surface area contributed by atoms with Gasteiger partial charge in [-0.1, -0.05) is 28.1 Å². The van der Waals surface area contributed by atoms with Gasteiger partial charge in [0.2, 0.25) is 0 Å². The van der Waals surface area contributed by atoms with Crippen LogP contribution in [0.5, 0.6) is 0 Å². The molecule has 1 aliphatic rings. The summed E-state index contributed by atoms with van der Waals surface area (Å²) in [5, 5.41) is 0. The van der Waals surface area contributed by atoms with Crippen molar-refractivity contribution in [2.24, 2.45) is 0 Å². The molecule has 0 saturated carbocycles. The number of carbonyl (C=O) groups is 1. The summed E-state index contributed by atoms with van der Waals surface area (Å²) in [5.74, 6) is -0.275. The van der Waals surface area contributed by atoms with E-state index in [1.54, 1.807) is 6.08 Å². The number of hydrogen-bond donors (Lipinski definition) is 0. The number of fused-ring (bicyclic) bond motifs is 1. The molecular weight excluding hydrogens is 268 g/mol. The van der Waals surface area contributed by atoms with E-state index in [0.29, 0.717) is 0 Å². The van der Waals surface area contributed by atoms with Crippen LogP contribution in [0.2, 0.25) is 0 Å². The number of halogens is 1. The molecule has 0 radical (unpaired) electrons. The summed E-state index contributed by atoms with van der Waals surface area (Å²) in [6.07, 6.45) is 4.69. The molecule has 0 unspecified atom stereocenters. The molecule has 16 heavy (non-hydrogen) atoms. The van der Waals surface area contributed by atoms with Gasteiger partial charge in [0.05, 0.1) is 7.11 Å². The van der Waals surface area contributed by atoms with E-state index in [-0.39, 0.29) is 5.97 Å². The molecule has 0 aromatic heterocycles. The molecule has 0 fully saturated rings. The molecule has 0 saturated heterocycles. The first-order chi connectivity index (χ1) is 7.72. The molecule has 0 N–H and O–H groups in total. The summed E-state index contributed by atoms with van der Waals surface area (Å²) in [5.41, 5.74) is 3.55. The predicted octanol–water partition coefficient (Wildman–Crippen LogP) is 3.34. The minimum absolute atomic E-state index is 0.275. The van der Waals surface area contributed by atoms with Crippen LogP contribution in [0.4, 0.5) is 0 Å². The number of hydrogen-bond acceptors (Lipinski definition) is 2. The van der Waals surface area contributed by atoms with Crippen LogP contribution < -0.4 is 0 Å². The second-order valence-electron chi connectivity index (χ2n) is 3.81. The molecule has 0 amide bonds. The normalized spacial score (nSPS) is 17.0. The molecule has 3 heteroatoms. The van der Waals surface area contributed by atoms with Gasteiger partial charge in [-0.3, -0.25) is 0 Å². The van der Waals surface area contributed by atoms with Crippen LogP contribution in [0.25, 0.3) is 5.57 Å². The fraction of sp³-hybridized carbons (Fsp3) is 0.308. The van der Waals surface area contributed by atoms with Gasteiger partial charge in [-0.25, -0.2) is 4.79 Å². The summed E-state index contributed by atoms with van der Waals surface area (Å²) in [7, 11) is 1.41. The van der Waals surface area contributed by atoms with Crippen molar-refractivity contribution in [2.45, 2.75) is 19.3 Å². The van der Waals surface area contributed by atoms with Crippen molar-refractivity contribution >= 4 is 27.5 Å². The molecule has 0 heterocycles. The lowest BCUT2D eigenvalue weighted by atomic mass is 9.87. The summed E-state index contributed by atoms with van der Waals surface area (Å²) in [6.45, 7) is 0. The minimum Gasteiger partial charge on any atom is -0.466 e. The molecule has 1 aromatic carbocycles. The first kappa shape index (κ1) is 11.4. The number of ether oxygens (including phenoxy) is 1. The molecular formula is C13H13BrO2. The Bertz CT molecular complexity index is 449. The van der Waals surface area contributed by atoms with Crippen LogP contribution in [0, 0.1) is 0 Å². The van der Waals surface area contributed by atoms with E-state index in [0.717, 1.165) is 29.3 Å². The number of carbonyl (C=O) groups excluding carboxylic acids is 1. The van der Waals surface area contributed by atoms with E-state index >= 15 is 0 Å². The van der Waals surface area contributed by atoms with Crippen molar-refractivity contribution in [1.82, 2.24) is 0 Å². The zero-order valence-corrected chi connectivity index (χ0v) is 10.7. The third-order valence-corrected chi connectivity index (χ3v) is 3.57. The van der Waals surface area contributed by atoms with E-state index in [4.69, 9.17) is 0 Å². The zero-order chi connectivity index (χ0) is 11.5. The first-order valence-corrected chi connectivity index (χ1v) is 6.08. The minimum atomic E-state index is -0.275. The number of allylic oxidation sites excluding steroid dienone is 1. The Kier molecular flexibility index (Phi) is 3.44. The Morgan fingerprint density at radius 3 is 3.00 bits per heavy atom. The molecule has 84 valence electrons. The average Bonchev–Trinajstić information content (AvgIpc) is 2.30. The van der Waals surface area contributed by atoms with Crippen LogP contribution in [0.1, 0.15) is 24.0 Å². The Morgan fingerprint density at radius 1 is 1.44 bits per heavy atom. The lowest BCUT2D eigenvalue weighted by Gasteiger charge is -2.19. The zero-order valence-electron chi connectivity index (χ0n) is 9.13. The van der Waals surface area contributed by atoms with Crippen molar-refractivity contribution < 1.29 is 9.53 Å². The van der Waals surface area contributed by atoms with E-state index in [9.17, 15) is 4.79 Å². The van der Waals surface area contributed by atoms with E-state index in [1.165, 1.54) is 18.2 Å². The molecule has 0 spiro atoms. The molecule has 2 nitrogen and oxygen atoms in total. The monoisotopic (exact) mass is 280 g/mol. The number of benzene rings is 1. The topological polar surface area (TPSA) is 26.3 Å². The maximum absolute atomic E-state index is 11.3. The van der Waals surface area contributed by atoms with E-state index < -0.39 is 0 Å². The van der Waals surface area contributed by atoms with Gasteiger partial charge in [0.1, 0.15) is 0 Å². The van der Waals surface area contributed by atoms with Gasteiger partial charge in [0, 0.05) is 10.5 Å². The van der Waals surface area contributed by atoms with Gasteiger partial charge in [0.25, 0.3) is 0 Å². The quantitative estimate of drug-likeness (QED) is 0.583. The summed E-state index contributed by atoms with van der Waals surface area (Å²) >= 11 is 3.55. The Hall–Kier alpha value is -1.09. The van der Waals surface area contributed by atoms with Gasteiger partial charge in [-0.05, 0) is 42.0 Å². The third-order valence-electron chi connectivity index (χ3n) is 2.83. The first-order valence-electron chi connectivity index (χ1n) is 5.28. The summed E-state index contributed by atoms with van der Waals surface area (Å²) < 4.78 is 5.80. The smallest absolute Gasteiger partial charge is 0.330 e. The van der Waals surface area contributed by atoms with Crippen molar-refractivity contribution in [3.63, 3.8) is 0 Å². The highest BCUT2D eigenvalue weighted by Gasteiger charge is 2.16. The second kappa shape index (κ2) is 4.83. The highest BCUT2D eigenvalue weighted by atomic mass is 79.9. The largest absolute Gasteiger partial charge is 0.466 e. The van der Waals surface area contributed by atoms with E-state index in [2.05, 4.69) is 26.7 Å². The van der Waals surface area contributed by atoms with Crippen LogP contribution in [-0.2, 0) is 16.0 Å². The maximum Gasteiger partial charge on any atom is 0.330 e. The lowest BCUT2D eigenvalue weighted by molar-refractivity contribution is -0.134. The van der Waals surface area contributed by atoms with Crippen LogP contribution in [0.3, 0.4) is 0 Å².